The Labute approximate surface area is 181 Å². The summed E-state index contributed by atoms with van der Waals surface area (Å²) in [5.41, 5.74) is 9.47. The van der Waals surface area contributed by atoms with Gasteiger partial charge in [-0.1, -0.05) is 26.8 Å². The molecule has 1 aromatic carbocycles. The fraction of sp³-hybridized carbons (Fsp3) is 0.500. The van der Waals surface area contributed by atoms with E-state index in [0.717, 1.165) is 42.8 Å². The van der Waals surface area contributed by atoms with Crippen LogP contribution in [0.1, 0.15) is 62.3 Å². The van der Waals surface area contributed by atoms with Gasteiger partial charge in [0, 0.05) is 29.7 Å². The molecule has 9 heteroatoms. The molecule has 0 aliphatic carbocycles. The van der Waals surface area contributed by atoms with Crippen molar-refractivity contribution in [2.45, 2.75) is 51.6 Å². The van der Waals surface area contributed by atoms with Gasteiger partial charge in [0.2, 0.25) is 5.95 Å². The van der Waals surface area contributed by atoms with E-state index >= 15 is 0 Å². The standard InChI is InChI=1S/C22H29FN6O2/c1-12(2)18-19(13(3)16-8-7-14(23)10-17(16)30-4)28-29-20(18)26-22(27-21(29)24)31-15-6-5-9-25-11-15/h7-8,10,12-13,15,25H,5-6,9,11H2,1-4H3,(H2,24,26,27)/t13-,15+/m0/s1. The van der Waals surface area contributed by atoms with Gasteiger partial charge in [-0.05, 0) is 31.4 Å². The van der Waals surface area contributed by atoms with Crippen LogP contribution < -0.4 is 20.5 Å². The van der Waals surface area contributed by atoms with Gasteiger partial charge in [-0.2, -0.15) is 19.6 Å². The molecule has 1 saturated heterocycles. The number of nitrogens with two attached hydrogens (primary N) is 1. The third-order valence-electron chi connectivity index (χ3n) is 5.73. The van der Waals surface area contributed by atoms with Crippen LogP contribution in [0.5, 0.6) is 11.8 Å². The first-order chi connectivity index (χ1) is 14.9. The van der Waals surface area contributed by atoms with E-state index in [2.05, 4.69) is 29.1 Å². The molecule has 0 radical (unpaired) electrons. The highest BCUT2D eigenvalue weighted by molar-refractivity contribution is 5.58. The third-order valence-corrected chi connectivity index (χ3v) is 5.73. The highest BCUT2D eigenvalue weighted by atomic mass is 19.1. The fourth-order valence-electron chi connectivity index (χ4n) is 4.15. The summed E-state index contributed by atoms with van der Waals surface area (Å²) in [7, 11) is 1.53. The number of ether oxygens (including phenoxy) is 2. The SMILES string of the molecule is COc1cc(F)ccc1[C@H](C)c1nn2c(N)nc(O[C@@H]3CCCNC3)nc2c1C(C)C. The van der Waals surface area contributed by atoms with Crippen molar-refractivity contribution in [3.05, 3.63) is 40.8 Å². The molecule has 31 heavy (non-hydrogen) atoms. The second-order valence-corrected chi connectivity index (χ2v) is 8.25. The van der Waals surface area contributed by atoms with Crippen molar-refractivity contribution in [1.29, 1.82) is 0 Å². The molecule has 4 rings (SSSR count). The second-order valence-electron chi connectivity index (χ2n) is 8.25. The summed E-state index contributed by atoms with van der Waals surface area (Å²) >= 11 is 0. The van der Waals surface area contributed by atoms with Crippen molar-refractivity contribution < 1.29 is 13.9 Å². The highest BCUT2D eigenvalue weighted by Crippen LogP contribution is 2.37. The zero-order chi connectivity index (χ0) is 22.1. The van der Waals surface area contributed by atoms with Crippen molar-refractivity contribution in [2.75, 3.05) is 25.9 Å². The van der Waals surface area contributed by atoms with Crippen molar-refractivity contribution in [3.8, 4) is 11.8 Å². The van der Waals surface area contributed by atoms with E-state index in [1.165, 1.54) is 19.2 Å². The molecule has 3 aromatic rings. The number of anilines is 1. The number of nitrogen functional groups attached to an aromatic ring is 1. The van der Waals surface area contributed by atoms with Crippen LogP contribution in [0.15, 0.2) is 18.2 Å². The van der Waals surface area contributed by atoms with Gasteiger partial charge in [0.05, 0.1) is 12.8 Å². The predicted octanol–water partition coefficient (Wildman–Crippen LogP) is 3.26. The Morgan fingerprint density at radius 3 is 2.74 bits per heavy atom. The van der Waals surface area contributed by atoms with Crippen LogP contribution in [0.2, 0.25) is 0 Å². The number of fused-ring (bicyclic) bond motifs is 1. The number of nitrogens with one attached hydrogen (secondary N) is 1. The van der Waals surface area contributed by atoms with E-state index in [9.17, 15) is 4.39 Å². The van der Waals surface area contributed by atoms with E-state index in [0.29, 0.717) is 11.4 Å². The zero-order valence-electron chi connectivity index (χ0n) is 18.4. The van der Waals surface area contributed by atoms with Gasteiger partial charge in [0.15, 0.2) is 5.65 Å². The van der Waals surface area contributed by atoms with Crippen LogP contribution in [0.4, 0.5) is 10.3 Å². The fourth-order valence-corrected chi connectivity index (χ4v) is 4.15. The second kappa shape index (κ2) is 8.66. The Balaban J connectivity index is 1.79. The molecule has 1 aliphatic rings. The largest absolute Gasteiger partial charge is 0.496 e. The lowest BCUT2D eigenvalue weighted by Gasteiger charge is -2.22. The van der Waals surface area contributed by atoms with Crippen molar-refractivity contribution in [2.24, 2.45) is 0 Å². The molecule has 3 heterocycles. The third kappa shape index (κ3) is 4.14. The van der Waals surface area contributed by atoms with E-state index in [1.807, 2.05) is 6.92 Å². The summed E-state index contributed by atoms with van der Waals surface area (Å²) in [5, 5.41) is 8.07. The van der Waals surface area contributed by atoms with Crippen LogP contribution in [-0.4, -0.2) is 45.9 Å². The summed E-state index contributed by atoms with van der Waals surface area (Å²) in [6.07, 6.45) is 2.01. The summed E-state index contributed by atoms with van der Waals surface area (Å²) in [5.74, 6) is 0.309. The minimum atomic E-state index is -0.346. The maximum absolute atomic E-state index is 13.7. The molecule has 0 amide bonds. The summed E-state index contributed by atoms with van der Waals surface area (Å²) in [6.45, 7) is 7.93. The Bertz CT molecular complexity index is 1080. The van der Waals surface area contributed by atoms with E-state index in [-0.39, 0.29) is 35.7 Å². The maximum Gasteiger partial charge on any atom is 0.322 e. The Morgan fingerprint density at radius 1 is 1.26 bits per heavy atom. The summed E-state index contributed by atoms with van der Waals surface area (Å²) in [6, 6.07) is 4.80. The molecule has 8 nitrogen and oxygen atoms in total. The minimum Gasteiger partial charge on any atom is -0.496 e. The highest BCUT2D eigenvalue weighted by Gasteiger charge is 2.27. The van der Waals surface area contributed by atoms with Crippen molar-refractivity contribution in [1.82, 2.24) is 24.9 Å². The molecular formula is C22H29FN6O2. The average Bonchev–Trinajstić information content (AvgIpc) is 3.14. The van der Waals surface area contributed by atoms with Crippen LogP contribution in [0.3, 0.4) is 0 Å². The lowest BCUT2D eigenvalue weighted by molar-refractivity contribution is 0.153. The number of hydrogen-bond acceptors (Lipinski definition) is 7. The van der Waals surface area contributed by atoms with Gasteiger partial charge in [0.25, 0.3) is 0 Å². The monoisotopic (exact) mass is 428 g/mol. The molecule has 1 fully saturated rings. The molecular weight excluding hydrogens is 399 g/mol. The predicted molar refractivity (Wildman–Crippen MR) is 116 cm³/mol. The number of hydrogen-bond donors (Lipinski definition) is 2. The number of methoxy groups -OCH3 is 1. The number of benzene rings is 1. The minimum absolute atomic E-state index is 0.0166. The van der Waals surface area contributed by atoms with Crippen LogP contribution in [0.25, 0.3) is 5.65 Å². The average molecular weight is 429 g/mol. The molecule has 2 aromatic heterocycles. The normalized spacial score (nSPS) is 17.8. The van der Waals surface area contributed by atoms with Gasteiger partial charge in [-0.25, -0.2) is 4.39 Å². The van der Waals surface area contributed by atoms with Crippen molar-refractivity contribution >= 4 is 11.6 Å². The molecule has 3 N–H and O–H groups in total. The Morgan fingerprint density at radius 2 is 2.06 bits per heavy atom. The topological polar surface area (TPSA) is 99.6 Å². The molecule has 2 atom stereocenters. The van der Waals surface area contributed by atoms with Crippen molar-refractivity contribution in [3.63, 3.8) is 0 Å². The number of aromatic nitrogens is 4. The van der Waals surface area contributed by atoms with E-state index < -0.39 is 0 Å². The number of halogens is 1. The van der Waals surface area contributed by atoms with Crippen LogP contribution in [0, 0.1) is 5.82 Å². The quantitative estimate of drug-likeness (QED) is 0.622. The van der Waals surface area contributed by atoms with E-state index in [4.69, 9.17) is 20.3 Å². The van der Waals surface area contributed by atoms with Gasteiger partial charge in [-0.15, -0.1) is 0 Å². The smallest absolute Gasteiger partial charge is 0.322 e. The first-order valence-electron chi connectivity index (χ1n) is 10.7. The lowest BCUT2D eigenvalue weighted by atomic mass is 9.90. The Hall–Kier alpha value is -2.94. The number of nitrogens with zero attached hydrogens (tertiary/aromatic N) is 4. The number of piperidine rings is 1. The van der Waals surface area contributed by atoms with Gasteiger partial charge < -0.3 is 20.5 Å². The number of rotatable bonds is 6. The van der Waals surface area contributed by atoms with Crippen LogP contribution >= 0.6 is 0 Å². The molecule has 1 aliphatic heterocycles. The molecule has 0 saturated carbocycles. The summed E-state index contributed by atoms with van der Waals surface area (Å²) in [4.78, 5) is 9.00. The first-order valence-corrected chi connectivity index (χ1v) is 10.7. The maximum atomic E-state index is 13.7. The summed E-state index contributed by atoms with van der Waals surface area (Å²) < 4.78 is 26.7. The molecule has 0 bridgehead atoms. The molecule has 166 valence electrons. The Kier molecular flexibility index (Phi) is 5.95. The zero-order valence-corrected chi connectivity index (χ0v) is 18.4. The van der Waals surface area contributed by atoms with Gasteiger partial charge >= 0.3 is 6.01 Å². The van der Waals surface area contributed by atoms with Gasteiger partial charge in [0.1, 0.15) is 17.7 Å². The first kappa shape index (κ1) is 21.3. The van der Waals surface area contributed by atoms with E-state index in [1.54, 1.807) is 10.6 Å². The molecule has 0 spiro atoms. The molecule has 0 unspecified atom stereocenters. The van der Waals surface area contributed by atoms with Crippen LogP contribution in [-0.2, 0) is 0 Å². The lowest BCUT2D eigenvalue weighted by Crippen LogP contribution is -2.37. The van der Waals surface area contributed by atoms with Gasteiger partial charge in [-0.3, -0.25) is 0 Å².